The first-order chi connectivity index (χ1) is 11.6. The third-order valence-corrected chi connectivity index (χ3v) is 5.26. The maximum atomic E-state index is 12.8. The van der Waals surface area contributed by atoms with Crippen molar-refractivity contribution in [2.75, 3.05) is 0 Å². The van der Waals surface area contributed by atoms with Crippen LogP contribution in [-0.2, 0) is 12.8 Å². The highest BCUT2D eigenvalue weighted by molar-refractivity contribution is 5.95. The first-order valence-corrected chi connectivity index (χ1v) is 8.80. The van der Waals surface area contributed by atoms with Gasteiger partial charge in [0.25, 0.3) is 5.91 Å². The molecular weight excluding hydrogens is 298 g/mol. The fraction of sp³-hybridized carbons (Fsp3) is 0.381. The molecule has 3 atom stereocenters. The molecule has 3 heteroatoms. The first kappa shape index (κ1) is 15.3. The van der Waals surface area contributed by atoms with E-state index < -0.39 is 0 Å². The lowest BCUT2D eigenvalue weighted by atomic mass is 9.99. The number of aryl methyl sites for hydroxylation is 1. The molecule has 1 heterocycles. The lowest BCUT2D eigenvalue weighted by molar-refractivity contribution is 0.0927. The highest BCUT2D eigenvalue weighted by Crippen LogP contribution is 2.36. The van der Waals surface area contributed by atoms with Gasteiger partial charge in [-0.15, -0.1) is 0 Å². The highest BCUT2D eigenvalue weighted by Gasteiger charge is 2.30. The van der Waals surface area contributed by atoms with Gasteiger partial charge in [0, 0.05) is 5.56 Å². The molecule has 124 valence electrons. The van der Waals surface area contributed by atoms with Crippen LogP contribution in [0, 0.1) is 5.92 Å². The first-order valence-electron chi connectivity index (χ1n) is 8.80. The molecule has 24 heavy (non-hydrogen) atoms. The second-order valence-corrected chi connectivity index (χ2v) is 7.12. The summed E-state index contributed by atoms with van der Waals surface area (Å²) in [6.07, 6.45) is 3.26. The second kappa shape index (κ2) is 5.97. The minimum absolute atomic E-state index is 0.00461. The summed E-state index contributed by atoms with van der Waals surface area (Å²) in [5.74, 6) is 1.35. The second-order valence-electron chi connectivity index (χ2n) is 7.12. The summed E-state index contributed by atoms with van der Waals surface area (Å²) >= 11 is 0. The third kappa shape index (κ3) is 2.68. The largest absolute Gasteiger partial charge is 0.490 e. The minimum Gasteiger partial charge on any atom is -0.490 e. The number of amides is 1. The summed E-state index contributed by atoms with van der Waals surface area (Å²) in [5, 5.41) is 3.24. The Hall–Kier alpha value is -2.29. The molecule has 4 rings (SSSR count). The summed E-state index contributed by atoms with van der Waals surface area (Å²) in [5.41, 5.74) is 4.47. The van der Waals surface area contributed by atoms with Gasteiger partial charge in [-0.05, 0) is 67.0 Å². The molecule has 0 radical (unpaired) electrons. The number of nitrogens with one attached hydrogen (secondary N) is 1. The summed E-state index contributed by atoms with van der Waals surface area (Å²) in [6, 6.07) is 14.3. The van der Waals surface area contributed by atoms with Crippen molar-refractivity contribution >= 4 is 5.91 Å². The molecule has 1 N–H and O–H groups in total. The zero-order valence-corrected chi connectivity index (χ0v) is 14.2. The summed E-state index contributed by atoms with van der Waals surface area (Å²) in [6.45, 7) is 4.29. The van der Waals surface area contributed by atoms with Crippen LogP contribution in [0.3, 0.4) is 0 Å². The number of hydrogen-bond acceptors (Lipinski definition) is 2. The van der Waals surface area contributed by atoms with Gasteiger partial charge in [-0.3, -0.25) is 4.79 Å². The molecule has 2 aromatic rings. The van der Waals surface area contributed by atoms with E-state index in [0.29, 0.717) is 5.92 Å². The van der Waals surface area contributed by atoms with Crippen LogP contribution in [0.25, 0.3) is 0 Å². The molecule has 0 spiro atoms. The topological polar surface area (TPSA) is 38.3 Å². The van der Waals surface area contributed by atoms with Gasteiger partial charge in [-0.1, -0.05) is 31.2 Å². The van der Waals surface area contributed by atoms with Crippen LogP contribution in [0.5, 0.6) is 5.75 Å². The number of carbonyl (C=O) groups excluding carboxylic acids is 1. The molecule has 1 aliphatic carbocycles. The van der Waals surface area contributed by atoms with E-state index in [2.05, 4.69) is 37.4 Å². The molecule has 0 saturated heterocycles. The fourth-order valence-corrected chi connectivity index (χ4v) is 3.90. The Labute approximate surface area is 143 Å². The van der Waals surface area contributed by atoms with Gasteiger partial charge in [-0.2, -0.15) is 0 Å². The van der Waals surface area contributed by atoms with Gasteiger partial charge in [0.05, 0.1) is 12.1 Å². The molecule has 0 bridgehead atoms. The van der Waals surface area contributed by atoms with E-state index in [0.717, 1.165) is 36.1 Å². The number of hydrogen-bond donors (Lipinski definition) is 1. The van der Waals surface area contributed by atoms with Crippen LogP contribution in [0.2, 0.25) is 0 Å². The third-order valence-electron chi connectivity index (χ3n) is 5.26. The molecule has 0 aromatic heterocycles. The zero-order chi connectivity index (χ0) is 16.7. The van der Waals surface area contributed by atoms with Crippen molar-refractivity contribution in [2.45, 2.75) is 45.3 Å². The lowest BCUT2D eigenvalue weighted by Gasteiger charge is -2.24. The Morgan fingerprint density at radius 1 is 1.12 bits per heavy atom. The molecule has 3 unspecified atom stereocenters. The Bertz CT molecular complexity index is 783. The summed E-state index contributed by atoms with van der Waals surface area (Å²) < 4.78 is 5.83. The van der Waals surface area contributed by atoms with E-state index >= 15 is 0 Å². The van der Waals surface area contributed by atoms with Crippen LogP contribution in [0.4, 0.5) is 0 Å². The summed E-state index contributed by atoms with van der Waals surface area (Å²) in [4.78, 5) is 12.8. The van der Waals surface area contributed by atoms with Gasteiger partial charge in [0.15, 0.2) is 0 Å². The van der Waals surface area contributed by atoms with Gasteiger partial charge in [-0.25, -0.2) is 0 Å². The van der Waals surface area contributed by atoms with Crippen molar-refractivity contribution in [1.82, 2.24) is 5.32 Å². The number of rotatable bonds is 2. The Morgan fingerprint density at radius 3 is 2.83 bits per heavy atom. The Balaban J connectivity index is 1.55. The number of carbonyl (C=O) groups is 1. The van der Waals surface area contributed by atoms with Crippen LogP contribution in [-0.4, -0.2) is 12.0 Å². The maximum absolute atomic E-state index is 12.8. The van der Waals surface area contributed by atoms with Crippen molar-refractivity contribution in [1.29, 1.82) is 0 Å². The monoisotopic (exact) mass is 321 g/mol. The molecule has 1 aliphatic heterocycles. The van der Waals surface area contributed by atoms with Crippen molar-refractivity contribution < 1.29 is 9.53 Å². The van der Waals surface area contributed by atoms with Crippen LogP contribution in [0.1, 0.15) is 53.4 Å². The quantitative estimate of drug-likeness (QED) is 0.906. The van der Waals surface area contributed by atoms with Crippen LogP contribution in [0.15, 0.2) is 42.5 Å². The van der Waals surface area contributed by atoms with Gasteiger partial charge >= 0.3 is 0 Å². The average molecular weight is 321 g/mol. The molecule has 0 fully saturated rings. The Morgan fingerprint density at radius 2 is 1.96 bits per heavy atom. The normalized spacial score (nSPS) is 24.7. The highest BCUT2D eigenvalue weighted by atomic mass is 16.5. The molecule has 3 nitrogen and oxygen atoms in total. The minimum atomic E-state index is 0.00461. The number of benzene rings is 2. The van der Waals surface area contributed by atoms with E-state index in [1.54, 1.807) is 0 Å². The summed E-state index contributed by atoms with van der Waals surface area (Å²) in [7, 11) is 0. The van der Waals surface area contributed by atoms with Crippen LogP contribution < -0.4 is 10.1 Å². The molecular formula is C21H23NO2. The van der Waals surface area contributed by atoms with Crippen molar-refractivity contribution in [2.24, 2.45) is 5.92 Å². The van der Waals surface area contributed by atoms with Crippen molar-refractivity contribution in [3.05, 3.63) is 64.7 Å². The Kier molecular flexibility index (Phi) is 3.79. The fourth-order valence-electron chi connectivity index (χ4n) is 3.90. The predicted molar refractivity (Wildman–Crippen MR) is 94.4 cm³/mol. The molecule has 2 aromatic carbocycles. The van der Waals surface area contributed by atoms with E-state index in [4.69, 9.17) is 4.74 Å². The van der Waals surface area contributed by atoms with Crippen molar-refractivity contribution in [3.8, 4) is 5.75 Å². The van der Waals surface area contributed by atoms with Gasteiger partial charge < -0.3 is 10.1 Å². The maximum Gasteiger partial charge on any atom is 0.251 e. The van der Waals surface area contributed by atoms with E-state index in [1.165, 1.54) is 11.1 Å². The molecule has 0 saturated carbocycles. The molecule has 2 aliphatic rings. The standard InChI is InChI=1S/C21H23NO2/c1-13-11-15-5-3-4-6-18(15)20(13)22-21(23)17-9-10-19-16(12-17)8-7-14(2)24-19/h3-6,9-10,12-14,20H,7-8,11H2,1-2H3,(H,22,23). The van der Waals surface area contributed by atoms with E-state index in [-0.39, 0.29) is 18.1 Å². The number of ether oxygens (including phenoxy) is 1. The van der Waals surface area contributed by atoms with E-state index in [1.807, 2.05) is 24.3 Å². The zero-order valence-electron chi connectivity index (χ0n) is 14.2. The van der Waals surface area contributed by atoms with Crippen LogP contribution >= 0.6 is 0 Å². The molecule has 1 amide bonds. The number of fused-ring (bicyclic) bond motifs is 2. The lowest BCUT2D eigenvalue weighted by Crippen LogP contribution is -2.30. The SMILES string of the molecule is CC1CCc2cc(C(=O)NC3c4ccccc4CC3C)ccc2O1. The predicted octanol–water partition coefficient (Wildman–Crippen LogP) is 4.06. The van der Waals surface area contributed by atoms with Gasteiger partial charge in [0.1, 0.15) is 5.75 Å². The smallest absolute Gasteiger partial charge is 0.251 e. The van der Waals surface area contributed by atoms with E-state index in [9.17, 15) is 4.79 Å². The van der Waals surface area contributed by atoms with Gasteiger partial charge in [0.2, 0.25) is 0 Å². The van der Waals surface area contributed by atoms with Crippen molar-refractivity contribution in [3.63, 3.8) is 0 Å². The average Bonchev–Trinajstić information content (AvgIpc) is 2.90.